The van der Waals surface area contributed by atoms with Gasteiger partial charge in [-0.05, 0) is 23.8 Å². The number of carbonyl (C=O) groups excluding carboxylic acids is 1. The average Bonchev–Trinajstić information content (AvgIpc) is 2.53. The van der Waals surface area contributed by atoms with Crippen molar-refractivity contribution in [2.75, 3.05) is 6.54 Å². The van der Waals surface area contributed by atoms with Gasteiger partial charge in [0.2, 0.25) is 0 Å². The van der Waals surface area contributed by atoms with Gasteiger partial charge in [0.05, 0.1) is 17.7 Å². The second-order valence-corrected chi connectivity index (χ2v) is 4.33. The second kappa shape index (κ2) is 6.50. The van der Waals surface area contributed by atoms with Gasteiger partial charge in [-0.1, -0.05) is 36.4 Å². The summed E-state index contributed by atoms with van der Waals surface area (Å²) in [6, 6.07) is 17.5. The van der Waals surface area contributed by atoms with Crippen LogP contribution in [0.1, 0.15) is 27.6 Å². The van der Waals surface area contributed by atoms with Crippen LogP contribution < -0.4 is 5.32 Å². The Morgan fingerprint density at radius 2 is 1.95 bits per heavy atom. The zero-order valence-corrected chi connectivity index (χ0v) is 10.8. The molecule has 100 valence electrons. The van der Waals surface area contributed by atoms with E-state index < -0.39 is 6.10 Å². The van der Waals surface area contributed by atoms with Crippen LogP contribution in [0.4, 0.5) is 0 Å². The van der Waals surface area contributed by atoms with E-state index in [2.05, 4.69) is 5.32 Å². The molecule has 0 aromatic heterocycles. The number of nitriles is 1. The Morgan fingerprint density at radius 3 is 2.65 bits per heavy atom. The van der Waals surface area contributed by atoms with Crippen LogP contribution in [0.3, 0.4) is 0 Å². The van der Waals surface area contributed by atoms with Crippen molar-refractivity contribution >= 4 is 5.91 Å². The first-order valence-electron chi connectivity index (χ1n) is 6.22. The van der Waals surface area contributed by atoms with Gasteiger partial charge in [0.25, 0.3) is 5.91 Å². The molecule has 0 fully saturated rings. The zero-order chi connectivity index (χ0) is 14.4. The van der Waals surface area contributed by atoms with E-state index in [4.69, 9.17) is 5.26 Å². The lowest BCUT2D eigenvalue weighted by molar-refractivity contribution is 0.0916. The lowest BCUT2D eigenvalue weighted by Gasteiger charge is -2.12. The normalized spacial score (nSPS) is 11.4. The largest absolute Gasteiger partial charge is 0.387 e. The SMILES string of the molecule is N#Cc1cccc(C(=O)NC[C@@H](O)c2ccccc2)c1. The number of carbonyl (C=O) groups is 1. The van der Waals surface area contributed by atoms with Crippen LogP contribution in [0, 0.1) is 11.3 Å². The van der Waals surface area contributed by atoms with Gasteiger partial charge < -0.3 is 10.4 Å². The highest BCUT2D eigenvalue weighted by molar-refractivity contribution is 5.94. The van der Waals surface area contributed by atoms with Crippen molar-refractivity contribution in [2.24, 2.45) is 0 Å². The van der Waals surface area contributed by atoms with Crippen molar-refractivity contribution in [3.63, 3.8) is 0 Å². The van der Waals surface area contributed by atoms with E-state index >= 15 is 0 Å². The van der Waals surface area contributed by atoms with Gasteiger partial charge >= 0.3 is 0 Å². The smallest absolute Gasteiger partial charge is 0.251 e. The topological polar surface area (TPSA) is 73.1 Å². The lowest BCUT2D eigenvalue weighted by atomic mass is 10.1. The number of aliphatic hydroxyl groups excluding tert-OH is 1. The molecule has 0 aliphatic rings. The van der Waals surface area contributed by atoms with Crippen LogP contribution in [-0.4, -0.2) is 17.6 Å². The first kappa shape index (κ1) is 13.8. The molecule has 0 aliphatic carbocycles. The van der Waals surface area contributed by atoms with Crippen LogP contribution in [0.25, 0.3) is 0 Å². The monoisotopic (exact) mass is 266 g/mol. The Labute approximate surface area is 117 Å². The van der Waals surface area contributed by atoms with Gasteiger partial charge in [0.15, 0.2) is 0 Å². The lowest BCUT2D eigenvalue weighted by Crippen LogP contribution is -2.28. The third-order valence-electron chi connectivity index (χ3n) is 2.89. The Hall–Kier alpha value is -2.64. The van der Waals surface area contributed by atoms with Crippen LogP contribution in [0.2, 0.25) is 0 Å². The number of aliphatic hydroxyl groups is 1. The van der Waals surface area contributed by atoms with Crippen LogP contribution in [0.5, 0.6) is 0 Å². The molecule has 20 heavy (non-hydrogen) atoms. The van der Waals surface area contributed by atoms with Gasteiger partial charge in [-0.25, -0.2) is 0 Å². The average molecular weight is 266 g/mol. The number of amides is 1. The van der Waals surface area contributed by atoms with Gasteiger partial charge in [-0.2, -0.15) is 5.26 Å². The highest BCUT2D eigenvalue weighted by atomic mass is 16.3. The Morgan fingerprint density at radius 1 is 1.20 bits per heavy atom. The summed E-state index contributed by atoms with van der Waals surface area (Å²) in [5.74, 6) is -0.308. The van der Waals surface area contributed by atoms with Gasteiger partial charge in [-0.3, -0.25) is 4.79 Å². The third-order valence-corrected chi connectivity index (χ3v) is 2.89. The summed E-state index contributed by atoms with van der Waals surface area (Å²) in [5.41, 5.74) is 1.59. The maximum absolute atomic E-state index is 11.9. The number of nitrogens with zero attached hydrogens (tertiary/aromatic N) is 1. The summed E-state index contributed by atoms with van der Waals surface area (Å²) in [6.07, 6.45) is -0.751. The Balaban J connectivity index is 1.97. The molecular formula is C16H14N2O2. The third kappa shape index (κ3) is 3.44. The maximum atomic E-state index is 11.9. The summed E-state index contributed by atoms with van der Waals surface area (Å²) in [7, 11) is 0. The molecular weight excluding hydrogens is 252 g/mol. The van der Waals surface area contributed by atoms with E-state index in [1.54, 1.807) is 30.3 Å². The van der Waals surface area contributed by atoms with Crippen molar-refractivity contribution in [3.05, 3.63) is 71.3 Å². The van der Waals surface area contributed by atoms with Crippen LogP contribution >= 0.6 is 0 Å². The zero-order valence-electron chi connectivity index (χ0n) is 10.8. The number of rotatable bonds is 4. The molecule has 0 aliphatic heterocycles. The standard InChI is InChI=1S/C16H14N2O2/c17-10-12-5-4-8-14(9-12)16(20)18-11-15(19)13-6-2-1-3-7-13/h1-9,15,19H,11H2,(H,18,20)/t15-/m1/s1. The molecule has 1 amide bonds. The van der Waals surface area contributed by atoms with E-state index in [-0.39, 0.29) is 12.5 Å². The van der Waals surface area contributed by atoms with E-state index in [9.17, 15) is 9.90 Å². The molecule has 0 bridgehead atoms. The summed E-state index contributed by atoms with van der Waals surface area (Å²) in [5, 5.41) is 21.4. The fourth-order valence-corrected chi connectivity index (χ4v) is 1.81. The summed E-state index contributed by atoms with van der Waals surface area (Å²) in [4.78, 5) is 11.9. The summed E-state index contributed by atoms with van der Waals surface area (Å²) in [6.45, 7) is 0.125. The van der Waals surface area contributed by atoms with Crippen molar-refractivity contribution in [2.45, 2.75) is 6.10 Å². The number of nitrogens with one attached hydrogen (secondary N) is 1. The molecule has 2 rings (SSSR count). The second-order valence-electron chi connectivity index (χ2n) is 4.33. The molecule has 0 spiro atoms. The molecule has 0 saturated carbocycles. The van der Waals surface area contributed by atoms with Crippen LogP contribution in [0.15, 0.2) is 54.6 Å². The highest BCUT2D eigenvalue weighted by Gasteiger charge is 2.10. The molecule has 2 aromatic rings. The summed E-state index contributed by atoms with van der Waals surface area (Å²) < 4.78 is 0. The highest BCUT2D eigenvalue weighted by Crippen LogP contribution is 2.11. The number of benzene rings is 2. The molecule has 0 radical (unpaired) electrons. The molecule has 1 atom stereocenters. The van der Waals surface area contributed by atoms with E-state index in [1.165, 1.54) is 6.07 Å². The molecule has 0 heterocycles. The first-order chi connectivity index (χ1) is 9.70. The molecule has 4 heteroatoms. The maximum Gasteiger partial charge on any atom is 0.251 e. The number of hydrogen-bond donors (Lipinski definition) is 2. The van der Waals surface area contributed by atoms with E-state index in [1.807, 2.05) is 24.3 Å². The number of hydrogen-bond acceptors (Lipinski definition) is 3. The molecule has 2 aromatic carbocycles. The van der Waals surface area contributed by atoms with Gasteiger partial charge in [-0.15, -0.1) is 0 Å². The van der Waals surface area contributed by atoms with Gasteiger partial charge in [0.1, 0.15) is 0 Å². The molecule has 0 unspecified atom stereocenters. The van der Waals surface area contributed by atoms with Crippen molar-refractivity contribution < 1.29 is 9.90 Å². The van der Waals surface area contributed by atoms with Gasteiger partial charge in [0, 0.05) is 12.1 Å². The predicted octanol–water partition coefficient (Wildman–Crippen LogP) is 2.02. The summed E-state index contributed by atoms with van der Waals surface area (Å²) >= 11 is 0. The minimum atomic E-state index is -0.751. The van der Waals surface area contributed by atoms with Crippen molar-refractivity contribution in [1.82, 2.24) is 5.32 Å². The van der Waals surface area contributed by atoms with E-state index in [0.29, 0.717) is 11.1 Å². The molecule has 2 N–H and O–H groups in total. The van der Waals surface area contributed by atoms with Crippen LogP contribution in [-0.2, 0) is 0 Å². The minimum absolute atomic E-state index is 0.125. The molecule has 0 saturated heterocycles. The Bertz CT molecular complexity index is 632. The van der Waals surface area contributed by atoms with Crippen molar-refractivity contribution in [1.29, 1.82) is 5.26 Å². The fraction of sp³-hybridized carbons (Fsp3) is 0.125. The fourth-order valence-electron chi connectivity index (χ4n) is 1.81. The predicted molar refractivity (Wildman–Crippen MR) is 74.9 cm³/mol. The van der Waals surface area contributed by atoms with E-state index in [0.717, 1.165) is 5.56 Å². The molecule has 4 nitrogen and oxygen atoms in total. The minimum Gasteiger partial charge on any atom is -0.387 e. The first-order valence-corrected chi connectivity index (χ1v) is 6.22. The Kier molecular flexibility index (Phi) is 4.48. The quantitative estimate of drug-likeness (QED) is 0.889. The van der Waals surface area contributed by atoms with Crippen molar-refractivity contribution in [3.8, 4) is 6.07 Å².